The van der Waals surface area contributed by atoms with Crippen LogP contribution in [0, 0.1) is 5.92 Å². The van der Waals surface area contributed by atoms with Crippen LogP contribution in [-0.4, -0.2) is 212 Å². The van der Waals surface area contributed by atoms with Gasteiger partial charge in [0.2, 0.25) is 59.3 Å². The number of benzene rings is 5. The summed E-state index contributed by atoms with van der Waals surface area (Å²) in [7, 11) is 3.31. The number of piperazine rings is 1. The van der Waals surface area contributed by atoms with Crippen molar-refractivity contribution >= 4 is 76.6 Å². The standard InChI is InChI=1S/C73H89Cl2N11O22/c1-6-7-8-9-10-11-18-78-73(103)104-38-29-40-53(46(89)30-38)39-24-34(12-15-45(39)88)54-67(98)84-58(70(101)82-56(40)71(102)86-21-19-85(5)20-22-86)60(92)36-14-17-48(42(75)26-36)106-50-28-37-27-49(64(50)108-72-63(95)62(94)61(93)51(32-87)107-72)105-47-16-13-35(25-41(47)74)59(91)57(83-65(96)43(77-4)23-33(2)3)69(100)79-44(31-52(76)90)66(97)80-55(37)68(99)81-54/h12-17,24-30,33,43-44,51,54-63,72,77,87-89,91-95H,6-11,18-23,31-32H2,1-5H3,(H2,76,90)(H,78,103)(H,79,100)(H,80,97)(H,81,99)(H,82,101)(H,83,96)(H,84,98)/t43-,44+,51-,54-,55-,56+,57-,58+,59-,60-,61-,62+,63-,72+/m1/s1. The lowest BCUT2D eigenvalue weighted by Crippen LogP contribution is -2.60. The molecule has 11 bridgehead atoms. The average Bonchev–Trinajstić information content (AvgIpc) is 0.772. The van der Waals surface area contributed by atoms with E-state index >= 15 is 24.0 Å². The topological polar surface area (TPSA) is 490 Å². The van der Waals surface area contributed by atoms with Gasteiger partial charge in [-0.2, -0.15) is 0 Å². The van der Waals surface area contributed by atoms with Crippen molar-refractivity contribution in [3.8, 4) is 57.1 Å². The molecule has 18 N–H and O–H groups in total. The molecule has 9 amide bonds. The van der Waals surface area contributed by atoms with Gasteiger partial charge < -0.3 is 123 Å². The number of phenols is 2. The maximum absolute atomic E-state index is 16.2. The molecule has 7 heterocycles. The van der Waals surface area contributed by atoms with Gasteiger partial charge in [-0.3, -0.25) is 38.4 Å². The normalized spacial score (nSPS) is 25.0. The second kappa shape index (κ2) is 35.6. The van der Waals surface area contributed by atoms with E-state index in [-0.39, 0.29) is 87.6 Å². The third-order valence-electron chi connectivity index (χ3n) is 19.2. The largest absolute Gasteiger partial charge is 0.507 e. The number of aromatic hydroxyl groups is 2. The number of carbonyl (C=O) groups excluding carboxylic acids is 9. The van der Waals surface area contributed by atoms with Gasteiger partial charge in [0, 0.05) is 49.9 Å². The Kier molecular flexibility index (Phi) is 26.7. The van der Waals surface area contributed by atoms with Gasteiger partial charge in [0.15, 0.2) is 11.5 Å². The van der Waals surface area contributed by atoms with Crippen molar-refractivity contribution in [1.82, 2.24) is 52.3 Å². The van der Waals surface area contributed by atoms with Crippen LogP contribution in [0.25, 0.3) is 11.1 Å². The number of hydrogen-bond donors (Lipinski definition) is 17. The van der Waals surface area contributed by atoms with Crippen molar-refractivity contribution in [3.05, 3.63) is 117 Å². The molecule has 2 fully saturated rings. The molecule has 0 aliphatic carbocycles. The summed E-state index contributed by atoms with van der Waals surface area (Å²) >= 11 is 14.1. The molecule has 2 saturated heterocycles. The highest BCUT2D eigenvalue weighted by Gasteiger charge is 2.47. The van der Waals surface area contributed by atoms with Gasteiger partial charge in [-0.1, -0.05) is 94.3 Å². The van der Waals surface area contributed by atoms with Crippen LogP contribution in [0.1, 0.15) is 130 Å². The summed E-state index contributed by atoms with van der Waals surface area (Å²) in [5.41, 5.74) is 3.61. The number of unbranched alkanes of at least 4 members (excludes halogenated alkanes) is 5. The van der Waals surface area contributed by atoms with E-state index in [0.717, 1.165) is 80.6 Å². The van der Waals surface area contributed by atoms with Crippen molar-refractivity contribution in [3.63, 3.8) is 0 Å². The van der Waals surface area contributed by atoms with Gasteiger partial charge in [-0.15, -0.1) is 0 Å². The zero-order chi connectivity index (χ0) is 78.1. The maximum atomic E-state index is 16.2. The number of ether oxygens (including phenoxy) is 5. The van der Waals surface area contributed by atoms with Gasteiger partial charge in [0.1, 0.15) is 102 Å². The number of nitrogens with zero attached hydrogens (tertiary/aromatic N) is 2. The number of amides is 9. The van der Waals surface area contributed by atoms with Crippen molar-refractivity contribution < 1.29 is 108 Å². The van der Waals surface area contributed by atoms with E-state index in [1.165, 1.54) is 42.3 Å². The number of fused-ring (bicyclic) bond motifs is 15. The second-order valence-electron chi connectivity index (χ2n) is 27.5. The second-order valence-corrected chi connectivity index (χ2v) is 28.3. The molecular formula is C73H89Cl2N11O22. The Morgan fingerprint density at radius 2 is 1.28 bits per heavy atom. The van der Waals surface area contributed by atoms with E-state index in [0.29, 0.717) is 19.5 Å². The van der Waals surface area contributed by atoms with Gasteiger partial charge in [-0.05, 0) is 115 Å². The molecule has 7 aliphatic heterocycles. The van der Waals surface area contributed by atoms with E-state index in [1.54, 1.807) is 0 Å². The highest BCUT2D eigenvalue weighted by molar-refractivity contribution is 6.32. The molecule has 108 heavy (non-hydrogen) atoms. The van der Waals surface area contributed by atoms with Crippen LogP contribution < -0.4 is 67.2 Å². The molecule has 35 heteroatoms. The lowest BCUT2D eigenvalue weighted by Gasteiger charge is -2.39. The molecule has 7 aliphatic rings. The number of primary amides is 1. The predicted octanol–water partition coefficient (Wildman–Crippen LogP) is 2.30. The zero-order valence-electron chi connectivity index (χ0n) is 59.6. The number of aliphatic hydroxyl groups excluding tert-OH is 6. The minimum absolute atomic E-state index is 0.0868. The molecule has 0 unspecified atom stereocenters. The van der Waals surface area contributed by atoms with Gasteiger partial charge in [-0.25, -0.2) is 4.79 Å². The first-order valence-electron chi connectivity index (χ1n) is 35.3. The lowest BCUT2D eigenvalue weighted by molar-refractivity contribution is -0.277. The van der Waals surface area contributed by atoms with E-state index in [1.807, 2.05) is 25.8 Å². The monoisotopic (exact) mass is 1540 g/mol. The van der Waals surface area contributed by atoms with Crippen LogP contribution in [-0.2, 0) is 43.1 Å². The Morgan fingerprint density at radius 3 is 1.90 bits per heavy atom. The Hall–Kier alpha value is -9.65. The van der Waals surface area contributed by atoms with E-state index in [4.69, 9.17) is 52.6 Å². The smallest absolute Gasteiger partial charge is 0.412 e. The summed E-state index contributed by atoms with van der Waals surface area (Å²) in [4.78, 5) is 137. The number of rotatable bonds is 19. The van der Waals surface area contributed by atoms with Crippen LogP contribution in [0.15, 0.2) is 78.9 Å². The molecule has 0 spiro atoms. The third-order valence-corrected chi connectivity index (χ3v) is 19.8. The molecule has 33 nitrogen and oxygen atoms in total. The lowest BCUT2D eigenvalue weighted by atomic mass is 9.89. The summed E-state index contributed by atoms with van der Waals surface area (Å²) in [5, 5.41) is 113. The Bertz CT molecular complexity index is 4200. The molecule has 582 valence electrons. The third kappa shape index (κ3) is 18.7. The van der Waals surface area contributed by atoms with Crippen molar-refractivity contribution in [2.45, 2.75) is 157 Å². The summed E-state index contributed by atoms with van der Waals surface area (Å²) in [5.74, 6) is -14.0. The van der Waals surface area contributed by atoms with Crippen molar-refractivity contribution in [2.24, 2.45) is 11.7 Å². The molecular weight excluding hydrogens is 1450 g/mol. The number of halogens is 2. The molecule has 5 aromatic carbocycles. The first kappa shape index (κ1) is 80.9. The minimum Gasteiger partial charge on any atom is -0.507 e. The average molecular weight is 1540 g/mol. The Morgan fingerprint density at radius 1 is 0.667 bits per heavy atom. The molecule has 0 saturated carbocycles. The zero-order valence-corrected chi connectivity index (χ0v) is 61.1. The number of likely N-dealkylation sites (N-methyl/N-ethyl adjacent to an activating group) is 2. The quantitative estimate of drug-likeness (QED) is 0.0527. The van der Waals surface area contributed by atoms with E-state index in [2.05, 4.69) is 49.5 Å². The summed E-state index contributed by atoms with van der Waals surface area (Å²) in [6, 6.07) is 0.895. The van der Waals surface area contributed by atoms with Crippen molar-refractivity contribution in [1.29, 1.82) is 0 Å². The highest BCUT2D eigenvalue weighted by Crippen LogP contribution is 2.50. The molecule has 0 aromatic heterocycles. The number of phenolic OH excluding ortho intramolecular Hbond substituents is 2. The minimum atomic E-state index is -2.32. The SMILES string of the molecule is CCCCCCCCNC(=O)Oc1cc(O)c2c(c1)[C@@H](C(=O)N1CCN(C)CC1)NC(=O)[C@H]1NC(=O)[C@H](NC(=O)[C@@H]3NC(=O)[C@H](CC(N)=O)NC(=O)[C@H](NC(=O)[C@@H](CC(C)C)NC)[C@H](O)c4ccc(c(Cl)c4)Oc4cc3cc(c4O[C@@H]3O[C@H](CO)[C@@H](O)[C@H](O)[C@H]3O)Oc3ccc(cc3Cl)[C@H]1O)c1ccc(O)c-2c1. The van der Waals surface area contributed by atoms with Crippen LogP contribution in [0.3, 0.4) is 0 Å². The van der Waals surface area contributed by atoms with Gasteiger partial charge in [0.05, 0.1) is 29.1 Å². The van der Waals surface area contributed by atoms with Crippen LogP contribution in [0.2, 0.25) is 10.0 Å². The van der Waals surface area contributed by atoms with E-state index < -0.39 is 191 Å². The van der Waals surface area contributed by atoms with Crippen LogP contribution in [0.4, 0.5) is 4.79 Å². The van der Waals surface area contributed by atoms with Gasteiger partial charge in [0.25, 0.3) is 0 Å². The Labute approximate surface area is 630 Å². The van der Waals surface area contributed by atoms with Crippen molar-refractivity contribution in [2.75, 3.05) is 53.4 Å². The number of nitrogens with one attached hydrogen (secondary N) is 8. The first-order valence-corrected chi connectivity index (χ1v) is 36.1. The fraction of sp³-hybridized carbons (Fsp3) is 0.466. The van der Waals surface area contributed by atoms with Crippen LogP contribution in [0.5, 0.6) is 46.0 Å². The van der Waals surface area contributed by atoms with Gasteiger partial charge >= 0.3 is 6.09 Å². The first-order chi connectivity index (χ1) is 51.5. The molecule has 5 aromatic rings. The number of nitrogens with two attached hydrogens (primary N) is 1. The number of hydrogen-bond acceptors (Lipinski definition) is 24. The van der Waals surface area contributed by atoms with Crippen LogP contribution >= 0.6 is 23.2 Å². The highest BCUT2D eigenvalue weighted by atomic mass is 35.5. The summed E-state index contributed by atoms with van der Waals surface area (Å²) < 4.78 is 31.0. The summed E-state index contributed by atoms with van der Waals surface area (Å²) in [6.45, 7) is 5.91. The fourth-order valence-electron chi connectivity index (χ4n) is 13.2. The number of carbonyl (C=O) groups is 9. The maximum Gasteiger partial charge on any atom is 0.412 e. The molecule has 14 atom stereocenters. The summed E-state index contributed by atoms with van der Waals surface area (Å²) in [6.07, 6.45) is -10.4. The fourth-order valence-corrected chi connectivity index (χ4v) is 13.7. The molecule has 0 radical (unpaired) electrons. The molecule has 12 rings (SSSR count). The predicted molar refractivity (Wildman–Crippen MR) is 385 cm³/mol. The van der Waals surface area contributed by atoms with E-state index in [9.17, 15) is 60.0 Å². The number of aliphatic hydroxyl groups is 6. The Balaban J connectivity index is 1.20.